The molecule has 3 N–H and O–H groups in total. The Bertz CT molecular complexity index is 443. The number of hydrogen-bond acceptors (Lipinski definition) is 2. The zero-order valence-electron chi connectivity index (χ0n) is 11.5. The van der Waals surface area contributed by atoms with Crippen LogP contribution in [0.2, 0.25) is 5.02 Å². The van der Waals surface area contributed by atoms with Crippen molar-refractivity contribution in [3.63, 3.8) is 0 Å². The van der Waals surface area contributed by atoms with Gasteiger partial charge in [-0.25, -0.2) is 9.18 Å². The predicted molar refractivity (Wildman–Crippen MR) is 77.3 cm³/mol. The first-order valence-corrected chi connectivity index (χ1v) is 7.06. The Hall–Kier alpha value is -1.33. The number of amides is 2. The molecule has 0 saturated heterocycles. The molecule has 0 spiro atoms. The molecule has 20 heavy (non-hydrogen) atoms. The van der Waals surface area contributed by atoms with Gasteiger partial charge in [0, 0.05) is 6.54 Å². The molecule has 112 valence electrons. The molecule has 0 aliphatic heterocycles. The average molecular weight is 303 g/mol. The topological polar surface area (TPSA) is 61.4 Å². The normalized spacial score (nSPS) is 12.0. The number of unbranched alkanes of at least 4 members (excludes halogenated alkanes) is 2. The predicted octanol–water partition coefficient (Wildman–Crippen LogP) is 3.00. The number of aliphatic hydroxyl groups excluding tert-OH is 1. The first-order chi connectivity index (χ1) is 9.58. The van der Waals surface area contributed by atoms with Crippen LogP contribution in [0.25, 0.3) is 0 Å². The molecule has 6 heteroatoms. The van der Waals surface area contributed by atoms with Crippen molar-refractivity contribution in [2.75, 3.05) is 13.2 Å². The number of halogens is 2. The van der Waals surface area contributed by atoms with E-state index < -0.39 is 11.9 Å². The molecule has 0 radical (unpaired) electrons. The molecular weight excluding hydrogens is 283 g/mol. The Morgan fingerprint density at radius 2 is 2.20 bits per heavy atom. The van der Waals surface area contributed by atoms with E-state index in [2.05, 4.69) is 17.6 Å². The third kappa shape index (κ3) is 5.35. The number of hydrogen-bond donors (Lipinski definition) is 3. The minimum Gasteiger partial charge on any atom is -0.394 e. The summed E-state index contributed by atoms with van der Waals surface area (Å²) in [6.07, 6.45) is 3.03. The summed E-state index contributed by atoms with van der Waals surface area (Å²) < 4.78 is 13.4. The Morgan fingerprint density at radius 3 is 2.80 bits per heavy atom. The van der Waals surface area contributed by atoms with Gasteiger partial charge < -0.3 is 15.7 Å². The highest BCUT2D eigenvalue weighted by Gasteiger charge is 2.14. The largest absolute Gasteiger partial charge is 0.394 e. The Labute approximate surface area is 123 Å². The van der Waals surface area contributed by atoms with E-state index in [-0.39, 0.29) is 17.7 Å². The van der Waals surface area contributed by atoms with E-state index in [4.69, 9.17) is 11.6 Å². The molecular formula is C14H20ClFN2O2. The van der Waals surface area contributed by atoms with Crippen LogP contribution in [0, 0.1) is 5.82 Å². The minimum atomic E-state index is -0.659. The highest BCUT2D eigenvalue weighted by atomic mass is 35.5. The summed E-state index contributed by atoms with van der Waals surface area (Å²) in [5.74, 6) is -0.576. The molecule has 0 heterocycles. The van der Waals surface area contributed by atoms with E-state index in [9.17, 15) is 14.3 Å². The molecule has 2 amide bonds. The first kappa shape index (κ1) is 16.7. The van der Waals surface area contributed by atoms with Gasteiger partial charge in [0.25, 0.3) is 0 Å². The van der Waals surface area contributed by atoms with Crippen molar-refractivity contribution in [2.45, 2.75) is 32.2 Å². The molecule has 1 atom stereocenters. The number of aliphatic hydroxyl groups is 1. The smallest absolute Gasteiger partial charge is 0.315 e. The fourth-order valence-electron chi connectivity index (χ4n) is 1.75. The van der Waals surface area contributed by atoms with Crippen LogP contribution in [0.4, 0.5) is 9.18 Å². The molecule has 4 nitrogen and oxygen atoms in total. The molecule has 0 bridgehead atoms. The second kappa shape index (κ2) is 8.76. The van der Waals surface area contributed by atoms with Crippen LogP contribution < -0.4 is 10.6 Å². The lowest BCUT2D eigenvalue weighted by Gasteiger charge is -2.17. The van der Waals surface area contributed by atoms with Crippen LogP contribution in [-0.2, 0) is 0 Å². The summed E-state index contributed by atoms with van der Waals surface area (Å²) in [6.45, 7) is 2.34. The lowest BCUT2D eigenvalue weighted by atomic mass is 10.1. The van der Waals surface area contributed by atoms with Crippen LogP contribution >= 0.6 is 11.6 Å². The number of carbonyl (C=O) groups is 1. The SMILES string of the molecule is CCCCCNC(=O)NC(CO)c1ccc(Cl)c(F)c1. The lowest BCUT2D eigenvalue weighted by molar-refractivity contribution is 0.216. The third-order valence-electron chi connectivity index (χ3n) is 2.90. The van der Waals surface area contributed by atoms with Crippen molar-refractivity contribution in [1.29, 1.82) is 0 Å². The van der Waals surface area contributed by atoms with Crippen LogP contribution in [0.3, 0.4) is 0 Å². The van der Waals surface area contributed by atoms with Gasteiger partial charge in [-0.1, -0.05) is 37.4 Å². The van der Waals surface area contributed by atoms with Crippen LogP contribution in [-0.4, -0.2) is 24.3 Å². The number of rotatable bonds is 7. The summed E-state index contributed by atoms with van der Waals surface area (Å²) in [7, 11) is 0. The quantitative estimate of drug-likeness (QED) is 0.678. The number of carbonyl (C=O) groups excluding carboxylic acids is 1. The first-order valence-electron chi connectivity index (χ1n) is 6.68. The van der Waals surface area contributed by atoms with Gasteiger partial charge in [0.15, 0.2) is 0 Å². The average Bonchev–Trinajstić information content (AvgIpc) is 2.44. The van der Waals surface area contributed by atoms with Crippen LogP contribution in [0.1, 0.15) is 37.8 Å². The Balaban J connectivity index is 2.53. The van der Waals surface area contributed by atoms with E-state index in [1.54, 1.807) is 6.07 Å². The van der Waals surface area contributed by atoms with Crippen molar-refractivity contribution >= 4 is 17.6 Å². The maximum Gasteiger partial charge on any atom is 0.315 e. The van der Waals surface area contributed by atoms with Gasteiger partial charge in [-0.2, -0.15) is 0 Å². The van der Waals surface area contributed by atoms with E-state index in [1.165, 1.54) is 12.1 Å². The zero-order chi connectivity index (χ0) is 15.0. The summed E-state index contributed by atoms with van der Waals surface area (Å²) >= 11 is 5.60. The molecule has 1 aromatic carbocycles. The molecule has 1 unspecified atom stereocenters. The molecule has 0 fully saturated rings. The van der Waals surface area contributed by atoms with Crippen molar-refractivity contribution in [2.24, 2.45) is 0 Å². The van der Waals surface area contributed by atoms with E-state index in [0.29, 0.717) is 12.1 Å². The van der Waals surface area contributed by atoms with E-state index >= 15 is 0 Å². The van der Waals surface area contributed by atoms with Gasteiger partial charge in [0.2, 0.25) is 0 Å². The summed E-state index contributed by atoms with van der Waals surface area (Å²) in [5.41, 5.74) is 0.470. The molecule has 0 saturated carbocycles. The molecule has 0 aliphatic carbocycles. The Morgan fingerprint density at radius 1 is 1.45 bits per heavy atom. The fraction of sp³-hybridized carbons (Fsp3) is 0.500. The number of benzene rings is 1. The van der Waals surface area contributed by atoms with Gasteiger partial charge in [-0.15, -0.1) is 0 Å². The molecule has 1 rings (SSSR count). The molecule has 0 aliphatic rings. The van der Waals surface area contributed by atoms with Crippen molar-refractivity contribution in [3.05, 3.63) is 34.6 Å². The maximum absolute atomic E-state index is 13.4. The van der Waals surface area contributed by atoms with Crippen molar-refractivity contribution < 1.29 is 14.3 Å². The van der Waals surface area contributed by atoms with Crippen LogP contribution in [0.15, 0.2) is 18.2 Å². The second-order valence-electron chi connectivity index (χ2n) is 4.52. The number of urea groups is 1. The maximum atomic E-state index is 13.4. The van der Waals surface area contributed by atoms with Crippen molar-refractivity contribution in [1.82, 2.24) is 10.6 Å². The third-order valence-corrected chi connectivity index (χ3v) is 3.21. The van der Waals surface area contributed by atoms with Gasteiger partial charge in [-0.05, 0) is 24.1 Å². The van der Waals surface area contributed by atoms with Crippen LogP contribution in [0.5, 0.6) is 0 Å². The Kier molecular flexibility index (Phi) is 7.33. The fourth-order valence-corrected chi connectivity index (χ4v) is 1.87. The standard InChI is InChI=1S/C14H20ClFN2O2/c1-2-3-4-7-17-14(20)18-13(9-19)10-5-6-11(15)12(16)8-10/h5-6,8,13,19H,2-4,7,9H2,1H3,(H2,17,18,20). The molecule has 1 aromatic rings. The highest BCUT2D eigenvalue weighted by molar-refractivity contribution is 6.30. The summed E-state index contributed by atoms with van der Waals surface area (Å²) in [5, 5.41) is 14.6. The highest BCUT2D eigenvalue weighted by Crippen LogP contribution is 2.20. The second-order valence-corrected chi connectivity index (χ2v) is 4.92. The van der Waals surface area contributed by atoms with Gasteiger partial charge in [-0.3, -0.25) is 0 Å². The van der Waals surface area contributed by atoms with Gasteiger partial charge >= 0.3 is 6.03 Å². The molecule has 0 aromatic heterocycles. The van der Waals surface area contributed by atoms with Gasteiger partial charge in [0.05, 0.1) is 17.7 Å². The van der Waals surface area contributed by atoms with E-state index in [1.807, 2.05) is 0 Å². The minimum absolute atomic E-state index is 0.00876. The summed E-state index contributed by atoms with van der Waals surface area (Å²) in [4.78, 5) is 11.6. The zero-order valence-corrected chi connectivity index (χ0v) is 12.2. The van der Waals surface area contributed by atoms with Crippen molar-refractivity contribution in [3.8, 4) is 0 Å². The number of nitrogens with one attached hydrogen (secondary N) is 2. The lowest BCUT2D eigenvalue weighted by Crippen LogP contribution is -2.39. The summed E-state index contributed by atoms with van der Waals surface area (Å²) in [6, 6.07) is 3.14. The van der Waals surface area contributed by atoms with Gasteiger partial charge in [0.1, 0.15) is 5.82 Å². The monoisotopic (exact) mass is 302 g/mol. The van der Waals surface area contributed by atoms with E-state index in [0.717, 1.165) is 19.3 Å².